The molecule has 0 aliphatic rings. The van der Waals surface area contributed by atoms with Crippen molar-refractivity contribution in [1.82, 2.24) is 5.32 Å². The first-order valence-corrected chi connectivity index (χ1v) is 10.7. The average molecular weight is 448 g/mol. The third-order valence-corrected chi connectivity index (χ3v) is 4.68. The predicted molar refractivity (Wildman–Crippen MR) is 131 cm³/mol. The number of ether oxygens (including phenoxy) is 1. The summed E-state index contributed by atoms with van der Waals surface area (Å²) in [6.45, 7) is 2.37. The summed E-state index contributed by atoms with van der Waals surface area (Å²) in [6, 6.07) is 23.8. The van der Waals surface area contributed by atoms with Crippen molar-refractivity contribution in [3.8, 4) is 5.75 Å². The lowest BCUT2D eigenvalue weighted by molar-refractivity contribution is -0.116. The van der Waals surface area contributed by atoms with Crippen molar-refractivity contribution in [2.75, 3.05) is 10.6 Å². The van der Waals surface area contributed by atoms with Gasteiger partial charge in [0.15, 0.2) is 5.11 Å². The van der Waals surface area contributed by atoms with Crippen molar-refractivity contribution in [3.05, 3.63) is 90.0 Å². The maximum Gasteiger partial charge on any atom is 0.257 e. The third-order valence-electron chi connectivity index (χ3n) is 4.48. The number of carbonyl (C=O) groups excluding carboxylic acids is 2. The predicted octanol–water partition coefficient (Wildman–Crippen LogP) is 5.13. The number of anilines is 2. The van der Waals surface area contributed by atoms with Crippen LogP contribution < -0.4 is 20.7 Å². The van der Waals surface area contributed by atoms with Gasteiger partial charge < -0.3 is 15.4 Å². The number of thiocarbonyl (C=S) groups is 1. The van der Waals surface area contributed by atoms with E-state index in [0.717, 1.165) is 12.0 Å². The number of nitrogens with one attached hydrogen (secondary N) is 3. The Morgan fingerprint density at radius 1 is 0.875 bits per heavy atom. The van der Waals surface area contributed by atoms with Crippen molar-refractivity contribution >= 4 is 40.5 Å². The minimum atomic E-state index is -0.337. The quantitative estimate of drug-likeness (QED) is 0.417. The van der Waals surface area contributed by atoms with Gasteiger partial charge in [-0.2, -0.15) is 0 Å². The van der Waals surface area contributed by atoms with Gasteiger partial charge in [-0.3, -0.25) is 14.9 Å². The second-order valence-electron chi connectivity index (χ2n) is 7.09. The molecule has 3 rings (SSSR count). The van der Waals surface area contributed by atoms with Crippen LogP contribution in [0.4, 0.5) is 11.4 Å². The standard InChI is InChI=1S/C25H25N3O3S/c1-2-7-23(29)26-20-12-14-21(15-13-20)27-25(32)28-24(30)19-10-6-11-22(16-19)31-17-18-8-4-3-5-9-18/h3-6,8-16H,2,7,17H2,1H3,(H,26,29)(H2,27,28,30,32). The fraction of sp³-hybridized carbons (Fsp3) is 0.160. The Hall–Kier alpha value is -3.71. The summed E-state index contributed by atoms with van der Waals surface area (Å²) in [4.78, 5) is 24.2. The number of hydrogen-bond acceptors (Lipinski definition) is 4. The van der Waals surface area contributed by atoms with E-state index in [0.29, 0.717) is 35.7 Å². The minimum absolute atomic E-state index is 0.0222. The topological polar surface area (TPSA) is 79.5 Å². The molecule has 3 aromatic rings. The number of carbonyl (C=O) groups is 2. The molecule has 0 aromatic heterocycles. The van der Waals surface area contributed by atoms with Crippen molar-refractivity contribution in [2.45, 2.75) is 26.4 Å². The summed E-state index contributed by atoms with van der Waals surface area (Å²) in [6.07, 6.45) is 1.27. The Balaban J connectivity index is 1.52. The molecule has 0 bridgehead atoms. The van der Waals surface area contributed by atoms with Crippen LogP contribution in [0.25, 0.3) is 0 Å². The molecule has 0 aliphatic heterocycles. The molecule has 0 atom stereocenters. The third kappa shape index (κ3) is 7.21. The van der Waals surface area contributed by atoms with Gasteiger partial charge in [0.05, 0.1) is 0 Å². The summed E-state index contributed by atoms with van der Waals surface area (Å²) in [5.41, 5.74) is 2.89. The van der Waals surface area contributed by atoms with Gasteiger partial charge in [-0.05, 0) is 66.7 Å². The zero-order chi connectivity index (χ0) is 22.8. The van der Waals surface area contributed by atoms with Crippen LogP contribution in [0.1, 0.15) is 35.7 Å². The van der Waals surface area contributed by atoms with E-state index >= 15 is 0 Å². The Kier molecular flexibility index (Phi) is 8.34. The van der Waals surface area contributed by atoms with Crippen molar-refractivity contribution in [2.24, 2.45) is 0 Å². The molecule has 0 fully saturated rings. The molecule has 3 N–H and O–H groups in total. The van der Waals surface area contributed by atoms with Gasteiger partial charge in [-0.1, -0.05) is 43.3 Å². The Labute approximate surface area is 193 Å². The molecule has 164 valence electrons. The van der Waals surface area contributed by atoms with Crippen molar-refractivity contribution in [1.29, 1.82) is 0 Å². The first kappa shape index (κ1) is 23.0. The molecular weight excluding hydrogens is 422 g/mol. The van der Waals surface area contributed by atoms with E-state index in [4.69, 9.17) is 17.0 Å². The van der Waals surface area contributed by atoms with Gasteiger partial charge >= 0.3 is 0 Å². The first-order valence-electron chi connectivity index (χ1n) is 10.3. The van der Waals surface area contributed by atoms with E-state index in [1.165, 1.54) is 0 Å². The Morgan fingerprint density at radius 3 is 2.25 bits per heavy atom. The monoisotopic (exact) mass is 447 g/mol. The molecule has 7 heteroatoms. The molecule has 6 nitrogen and oxygen atoms in total. The van der Waals surface area contributed by atoms with E-state index in [-0.39, 0.29) is 16.9 Å². The van der Waals surface area contributed by atoms with Crippen molar-refractivity contribution < 1.29 is 14.3 Å². The molecule has 0 spiro atoms. The van der Waals surface area contributed by atoms with E-state index in [1.807, 2.05) is 37.3 Å². The molecule has 0 radical (unpaired) electrons. The van der Waals surface area contributed by atoms with E-state index < -0.39 is 0 Å². The molecule has 0 saturated heterocycles. The zero-order valence-electron chi connectivity index (χ0n) is 17.8. The zero-order valence-corrected chi connectivity index (χ0v) is 18.6. The lowest BCUT2D eigenvalue weighted by Crippen LogP contribution is -2.34. The summed E-state index contributed by atoms with van der Waals surface area (Å²) < 4.78 is 5.78. The van der Waals surface area contributed by atoms with Gasteiger partial charge in [0, 0.05) is 23.4 Å². The van der Waals surface area contributed by atoms with Gasteiger partial charge in [-0.15, -0.1) is 0 Å². The average Bonchev–Trinajstić information content (AvgIpc) is 2.80. The normalized spacial score (nSPS) is 10.2. The summed E-state index contributed by atoms with van der Waals surface area (Å²) >= 11 is 5.25. The van der Waals surface area contributed by atoms with Crippen LogP contribution in [-0.2, 0) is 11.4 Å². The van der Waals surface area contributed by atoms with E-state index in [2.05, 4.69) is 16.0 Å². The first-order chi connectivity index (χ1) is 15.5. The maximum atomic E-state index is 12.6. The molecular formula is C25H25N3O3S. The fourth-order valence-electron chi connectivity index (χ4n) is 2.89. The van der Waals surface area contributed by atoms with Crippen LogP contribution in [0.2, 0.25) is 0 Å². The van der Waals surface area contributed by atoms with E-state index in [1.54, 1.807) is 48.5 Å². The van der Waals surface area contributed by atoms with E-state index in [9.17, 15) is 9.59 Å². The molecule has 32 heavy (non-hydrogen) atoms. The highest BCUT2D eigenvalue weighted by Gasteiger charge is 2.10. The highest BCUT2D eigenvalue weighted by Crippen LogP contribution is 2.16. The van der Waals surface area contributed by atoms with Crippen LogP contribution in [0, 0.1) is 0 Å². The maximum absolute atomic E-state index is 12.6. The molecule has 0 aliphatic carbocycles. The smallest absolute Gasteiger partial charge is 0.257 e. The summed E-state index contributed by atoms with van der Waals surface area (Å²) in [7, 11) is 0. The number of amides is 2. The van der Waals surface area contributed by atoms with Crippen LogP contribution in [0.15, 0.2) is 78.9 Å². The minimum Gasteiger partial charge on any atom is -0.489 e. The van der Waals surface area contributed by atoms with Gasteiger partial charge in [0.2, 0.25) is 5.91 Å². The van der Waals surface area contributed by atoms with Gasteiger partial charge in [0.1, 0.15) is 12.4 Å². The molecule has 0 unspecified atom stereocenters. The largest absolute Gasteiger partial charge is 0.489 e. The molecule has 3 aromatic carbocycles. The Morgan fingerprint density at radius 2 is 1.56 bits per heavy atom. The molecule has 2 amide bonds. The molecule has 0 heterocycles. The molecule has 0 saturated carbocycles. The number of rotatable bonds is 8. The van der Waals surface area contributed by atoms with Gasteiger partial charge in [-0.25, -0.2) is 0 Å². The SMILES string of the molecule is CCCC(=O)Nc1ccc(NC(=S)NC(=O)c2cccc(OCc3ccccc3)c2)cc1. The summed E-state index contributed by atoms with van der Waals surface area (Å²) in [5.74, 6) is 0.239. The fourth-order valence-corrected chi connectivity index (χ4v) is 3.10. The Bertz CT molecular complexity index is 1070. The highest BCUT2D eigenvalue weighted by atomic mass is 32.1. The second kappa shape index (κ2) is 11.6. The lowest BCUT2D eigenvalue weighted by atomic mass is 10.2. The highest BCUT2D eigenvalue weighted by molar-refractivity contribution is 7.80. The summed E-state index contributed by atoms with van der Waals surface area (Å²) in [5, 5.41) is 8.63. The van der Waals surface area contributed by atoms with Crippen molar-refractivity contribution in [3.63, 3.8) is 0 Å². The number of hydrogen-bond donors (Lipinski definition) is 3. The van der Waals surface area contributed by atoms with Crippen LogP contribution >= 0.6 is 12.2 Å². The lowest BCUT2D eigenvalue weighted by Gasteiger charge is -2.12. The second-order valence-corrected chi connectivity index (χ2v) is 7.49. The van der Waals surface area contributed by atoms with Crippen LogP contribution in [-0.4, -0.2) is 16.9 Å². The van der Waals surface area contributed by atoms with Crippen LogP contribution in [0.3, 0.4) is 0 Å². The number of benzene rings is 3. The van der Waals surface area contributed by atoms with Gasteiger partial charge in [0.25, 0.3) is 5.91 Å². The van der Waals surface area contributed by atoms with Crippen LogP contribution in [0.5, 0.6) is 5.75 Å².